The molecule has 0 saturated heterocycles. The Hall–Kier alpha value is -2.48. The molecule has 0 rings (SSSR count). The van der Waals surface area contributed by atoms with E-state index >= 15 is 0 Å². The van der Waals surface area contributed by atoms with Crippen LogP contribution in [0.1, 0.15) is 144 Å². The van der Waals surface area contributed by atoms with E-state index < -0.39 is 23.0 Å². The standard InChI is InChI=1S/C20H38O4.C8H12N4/c1-3-5-7-9-11-13-15-17-19(21)23-24-20(22)18-16-14-12-10-8-6-4-2;1-7(2,5-9)11-12-8(3,4)6-10/h3-18H2,1-2H3;1-4H3. The lowest BCUT2D eigenvalue weighted by molar-refractivity contribution is -0.259. The number of carbonyl (C=O) groups excluding carboxylic acids is 2. The maximum atomic E-state index is 11.5. The van der Waals surface area contributed by atoms with Crippen LogP contribution in [0, 0.1) is 22.7 Å². The van der Waals surface area contributed by atoms with Crippen LogP contribution in [0.3, 0.4) is 0 Å². The summed E-state index contributed by atoms with van der Waals surface area (Å²) in [6.07, 6.45) is 16.7. The average Bonchev–Trinajstić information content (AvgIpc) is 2.85. The van der Waals surface area contributed by atoms with Crippen LogP contribution in [0.15, 0.2) is 10.2 Å². The molecule has 0 aliphatic carbocycles. The van der Waals surface area contributed by atoms with E-state index in [0.29, 0.717) is 12.8 Å². The summed E-state index contributed by atoms with van der Waals surface area (Å²) in [5.74, 6) is -0.868. The molecule has 0 amide bonds. The molecule has 0 aliphatic rings. The summed E-state index contributed by atoms with van der Waals surface area (Å²) < 4.78 is 0. The fourth-order valence-electron chi connectivity index (χ4n) is 2.92. The van der Waals surface area contributed by atoms with Gasteiger partial charge in [0.15, 0.2) is 11.1 Å². The van der Waals surface area contributed by atoms with Crippen LogP contribution < -0.4 is 0 Å². The monoisotopic (exact) mass is 506 g/mol. The third kappa shape index (κ3) is 26.1. The molecule has 0 fully saturated rings. The van der Waals surface area contributed by atoms with Crippen LogP contribution in [0.4, 0.5) is 0 Å². The lowest BCUT2D eigenvalue weighted by Crippen LogP contribution is -2.17. The molecule has 0 aromatic heterocycles. The predicted molar refractivity (Wildman–Crippen MR) is 142 cm³/mol. The number of unbranched alkanes of at least 4 members (excludes halogenated alkanes) is 12. The molecule has 0 radical (unpaired) electrons. The van der Waals surface area contributed by atoms with Gasteiger partial charge in [-0.05, 0) is 40.5 Å². The highest BCUT2D eigenvalue weighted by atomic mass is 17.2. The number of hydrogen-bond acceptors (Lipinski definition) is 8. The van der Waals surface area contributed by atoms with E-state index in [4.69, 9.17) is 10.5 Å². The molecule has 0 N–H and O–H groups in total. The number of nitriles is 2. The van der Waals surface area contributed by atoms with Crippen molar-refractivity contribution in [3.8, 4) is 12.1 Å². The van der Waals surface area contributed by atoms with Crippen molar-refractivity contribution in [3.63, 3.8) is 0 Å². The first-order valence-corrected chi connectivity index (χ1v) is 13.7. The van der Waals surface area contributed by atoms with Crippen molar-refractivity contribution in [2.45, 2.75) is 155 Å². The van der Waals surface area contributed by atoms with Crippen molar-refractivity contribution in [2.24, 2.45) is 10.2 Å². The molecule has 0 atom stereocenters. The van der Waals surface area contributed by atoms with Crippen molar-refractivity contribution in [1.82, 2.24) is 0 Å². The van der Waals surface area contributed by atoms with E-state index in [1.807, 2.05) is 12.1 Å². The van der Waals surface area contributed by atoms with E-state index in [1.54, 1.807) is 27.7 Å². The highest BCUT2D eigenvalue weighted by Gasteiger charge is 2.19. The van der Waals surface area contributed by atoms with Crippen LogP contribution in [0.2, 0.25) is 0 Å². The van der Waals surface area contributed by atoms with E-state index in [2.05, 4.69) is 33.9 Å². The maximum Gasteiger partial charge on any atom is 0.355 e. The van der Waals surface area contributed by atoms with Gasteiger partial charge in [0.25, 0.3) is 0 Å². The Morgan fingerprint density at radius 3 is 1.14 bits per heavy atom. The van der Waals surface area contributed by atoms with Gasteiger partial charge in [-0.1, -0.05) is 90.9 Å². The van der Waals surface area contributed by atoms with Gasteiger partial charge < -0.3 is 0 Å². The highest BCUT2D eigenvalue weighted by Crippen LogP contribution is 2.14. The number of hydrogen-bond donors (Lipinski definition) is 0. The second-order valence-electron chi connectivity index (χ2n) is 10.2. The van der Waals surface area contributed by atoms with Gasteiger partial charge in [0.2, 0.25) is 0 Å². The van der Waals surface area contributed by atoms with Crippen LogP contribution >= 0.6 is 0 Å². The summed E-state index contributed by atoms with van der Waals surface area (Å²) >= 11 is 0. The molecule has 0 spiro atoms. The molecule has 0 aromatic rings. The fraction of sp³-hybridized carbons (Fsp3) is 0.857. The Labute approximate surface area is 219 Å². The number of azo groups is 1. The van der Waals surface area contributed by atoms with Crippen molar-refractivity contribution in [3.05, 3.63) is 0 Å². The van der Waals surface area contributed by atoms with Gasteiger partial charge in [0.05, 0.1) is 25.0 Å². The molecule has 0 saturated carbocycles. The Morgan fingerprint density at radius 2 is 0.861 bits per heavy atom. The van der Waals surface area contributed by atoms with Gasteiger partial charge in [-0.25, -0.2) is 19.4 Å². The van der Waals surface area contributed by atoms with Gasteiger partial charge in [0, 0.05) is 0 Å². The van der Waals surface area contributed by atoms with E-state index in [0.717, 1.165) is 38.5 Å². The lowest BCUT2D eigenvalue weighted by Gasteiger charge is -2.11. The Bertz CT molecular complexity index is 633. The van der Waals surface area contributed by atoms with Crippen molar-refractivity contribution >= 4 is 11.9 Å². The molecular formula is C28H50N4O4. The predicted octanol–water partition coefficient (Wildman–Crippen LogP) is 8.31. The first kappa shape index (κ1) is 35.7. The summed E-state index contributed by atoms with van der Waals surface area (Å²) in [6, 6.07) is 3.94. The fourth-order valence-corrected chi connectivity index (χ4v) is 2.92. The second kappa shape index (κ2) is 23.0. The molecule has 0 heterocycles. The van der Waals surface area contributed by atoms with Crippen LogP contribution in [-0.4, -0.2) is 23.0 Å². The number of carbonyl (C=O) groups is 2. The molecule has 8 nitrogen and oxygen atoms in total. The minimum absolute atomic E-state index is 0.332. The molecule has 8 heteroatoms. The third-order valence-electron chi connectivity index (χ3n) is 5.29. The van der Waals surface area contributed by atoms with Crippen molar-refractivity contribution < 1.29 is 19.4 Å². The Morgan fingerprint density at radius 1 is 0.583 bits per heavy atom. The van der Waals surface area contributed by atoms with Gasteiger partial charge in [-0.15, -0.1) is 0 Å². The zero-order chi connectivity index (χ0) is 27.7. The van der Waals surface area contributed by atoms with Crippen LogP contribution in [0.25, 0.3) is 0 Å². The summed E-state index contributed by atoms with van der Waals surface area (Å²) in [7, 11) is 0. The van der Waals surface area contributed by atoms with Gasteiger partial charge in [0.1, 0.15) is 0 Å². The third-order valence-corrected chi connectivity index (χ3v) is 5.29. The topological polar surface area (TPSA) is 125 Å². The van der Waals surface area contributed by atoms with Gasteiger partial charge >= 0.3 is 11.9 Å². The van der Waals surface area contributed by atoms with E-state index in [9.17, 15) is 9.59 Å². The first-order chi connectivity index (χ1) is 17.0. The summed E-state index contributed by atoms with van der Waals surface area (Å²) in [6.45, 7) is 11.0. The van der Waals surface area contributed by atoms with Crippen LogP contribution in [-0.2, 0) is 19.4 Å². The van der Waals surface area contributed by atoms with Gasteiger partial charge in [-0.2, -0.15) is 20.8 Å². The minimum atomic E-state index is -0.839. The molecule has 0 bridgehead atoms. The largest absolute Gasteiger partial charge is 0.355 e. The zero-order valence-electron chi connectivity index (χ0n) is 23.7. The highest BCUT2D eigenvalue weighted by molar-refractivity contribution is 5.72. The molecule has 36 heavy (non-hydrogen) atoms. The molecule has 206 valence electrons. The number of nitrogens with zero attached hydrogens (tertiary/aromatic N) is 4. The summed E-state index contributed by atoms with van der Waals surface area (Å²) in [5.41, 5.74) is -1.68. The summed E-state index contributed by atoms with van der Waals surface area (Å²) in [4.78, 5) is 32.1. The van der Waals surface area contributed by atoms with Crippen molar-refractivity contribution in [1.29, 1.82) is 10.5 Å². The smallest absolute Gasteiger partial charge is 0.247 e. The van der Waals surface area contributed by atoms with Crippen molar-refractivity contribution in [2.75, 3.05) is 0 Å². The van der Waals surface area contributed by atoms with E-state index in [-0.39, 0.29) is 0 Å². The second-order valence-corrected chi connectivity index (χ2v) is 10.2. The van der Waals surface area contributed by atoms with Crippen LogP contribution in [0.5, 0.6) is 0 Å². The maximum absolute atomic E-state index is 11.5. The molecule has 0 unspecified atom stereocenters. The molecule has 0 aromatic carbocycles. The summed E-state index contributed by atoms with van der Waals surface area (Å²) in [5, 5.41) is 24.7. The number of rotatable bonds is 18. The Kier molecular flexibility index (Phi) is 22.7. The quantitative estimate of drug-likeness (QED) is 0.0796. The Balaban J connectivity index is 0. The molecular weight excluding hydrogens is 456 g/mol. The zero-order valence-corrected chi connectivity index (χ0v) is 23.7. The first-order valence-electron chi connectivity index (χ1n) is 13.7. The normalized spacial score (nSPS) is 11.2. The molecule has 0 aliphatic heterocycles. The lowest BCUT2D eigenvalue weighted by atomic mass is 10.1. The van der Waals surface area contributed by atoms with E-state index in [1.165, 1.54) is 51.4 Å². The minimum Gasteiger partial charge on any atom is -0.247 e. The average molecular weight is 507 g/mol. The van der Waals surface area contributed by atoms with Gasteiger partial charge in [-0.3, -0.25) is 0 Å². The SMILES string of the molecule is CC(C)(C#N)N=NC(C)(C)C#N.CCCCCCCCCC(=O)OOC(=O)CCCCCCCCC.